The fourth-order valence-electron chi connectivity index (χ4n) is 4.94. The number of nitrogens with zero attached hydrogens (tertiary/aromatic N) is 5. The molecule has 1 fully saturated rings. The van der Waals surface area contributed by atoms with Gasteiger partial charge in [-0.3, -0.25) is 9.59 Å². The van der Waals surface area contributed by atoms with Crippen LogP contribution in [-0.2, 0) is 16.1 Å². The summed E-state index contributed by atoms with van der Waals surface area (Å²) >= 11 is 0. The number of aliphatic hydroxyl groups excluding tert-OH is 1. The van der Waals surface area contributed by atoms with Crippen molar-refractivity contribution in [2.24, 2.45) is 0 Å². The van der Waals surface area contributed by atoms with E-state index < -0.39 is 17.7 Å². The molecule has 4 heterocycles. The fourth-order valence-corrected chi connectivity index (χ4v) is 4.94. The highest BCUT2D eigenvalue weighted by molar-refractivity contribution is 6.46. The smallest absolute Gasteiger partial charge is 0.295 e. The van der Waals surface area contributed by atoms with E-state index in [4.69, 9.17) is 4.74 Å². The molecule has 1 aromatic carbocycles. The number of ketones is 1. The number of hydrogen-bond acceptors (Lipinski definition) is 6. The molecule has 0 aliphatic carbocycles. The second-order valence-electron chi connectivity index (χ2n) is 9.49. The highest BCUT2D eigenvalue weighted by Crippen LogP contribution is 2.40. The van der Waals surface area contributed by atoms with Crippen molar-refractivity contribution in [1.29, 1.82) is 0 Å². The Kier molecular flexibility index (Phi) is 7.00. The lowest BCUT2D eigenvalue weighted by molar-refractivity contribution is -0.139. The molecule has 1 atom stereocenters. The van der Waals surface area contributed by atoms with Gasteiger partial charge in [-0.1, -0.05) is 25.1 Å². The largest absolute Gasteiger partial charge is 0.505 e. The summed E-state index contributed by atoms with van der Waals surface area (Å²) in [4.78, 5) is 37.0. The highest BCUT2D eigenvalue weighted by atomic mass is 16.5. The Labute approximate surface area is 221 Å². The first-order valence-corrected chi connectivity index (χ1v) is 12.8. The molecular formula is C29H31N5O4. The zero-order chi connectivity index (χ0) is 26.8. The van der Waals surface area contributed by atoms with E-state index in [2.05, 4.69) is 9.97 Å². The lowest BCUT2D eigenvalue weighted by Gasteiger charge is -2.25. The van der Waals surface area contributed by atoms with Crippen molar-refractivity contribution in [3.8, 4) is 5.75 Å². The zero-order valence-electron chi connectivity index (χ0n) is 21.8. The van der Waals surface area contributed by atoms with Crippen molar-refractivity contribution in [3.05, 3.63) is 89.4 Å². The molecular weight excluding hydrogens is 482 g/mol. The maximum atomic E-state index is 13.4. The van der Waals surface area contributed by atoms with Crippen LogP contribution >= 0.6 is 0 Å². The average Bonchev–Trinajstić information content (AvgIpc) is 3.62. The minimum absolute atomic E-state index is 0.0454. The number of ether oxygens (including phenoxy) is 1. The highest BCUT2D eigenvalue weighted by Gasteiger charge is 2.46. The molecule has 1 amide bonds. The van der Waals surface area contributed by atoms with Gasteiger partial charge in [0.25, 0.3) is 11.7 Å². The van der Waals surface area contributed by atoms with Crippen LogP contribution in [0, 0.1) is 13.8 Å². The van der Waals surface area contributed by atoms with Gasteiger partial charge in [-0.25, -0.2) is 9.97 Å². The molecule has 0 saturated carbocycles. The van der Waals surface area contributed by atoms with Gasteiger partial charge >= 0.3 is 0 Å². The Morgan fingerprint density at radius 2 is 1.87 bits per heavy atom. The van der Waals surface area contributed by atoms with Gasteiger partial charge in [0.15, 0.2) is 5.76 Å². The summed E-state index contributed by atoms with van der Waals surface area (Å²) in [5.41, 5.74) is 3.38. The number of benzene rings is 1. The van der Waals surface area contributed by atoms with Gasteiger partial charge in [-0.05, 0) is 56.0 Å². The molecule has 4 aromatic rings. The zero-order valence-corrected chi connectivity index (χ0v) is 21.8. The molecule has 0 radical (unpaired) electrons. The number of fused-ring (bicyclic) bond motifs is 1. The molecule has 3 aromatic heterocycles. The third kappa shape index (κ3) is 4.55. The van der Waals surface area contributed by atoms with E-state index >= 15 is 0 Å². The summed E-state index contributed by atoms with van der Waals surface area (Å²) in [5.74, 6) is -0.905. The number of hydrogen-bond donors (Lipinski definition) is 1. The average molecular weight is 514 g/mol. The Morgan fingerprint density at radius 1 is 1.08 bits per heavy atom. The summed E-state index contributed by atoms with van der Waals surface area (Å²) in [6.07, 6.45) is 8.64. The predicted octanol–water partition coefficient (Wildman–Crippen LogP) is 4.45. The quantitative estimate of drug-likeness (QED) is 0.202. The van der Waals surface area contributed by atoms with E-state index in [-0.39, 0.29) is 11.3 Å². The lowest BCUT2D eigenvalue weighted by atomic mass is 9.96. The van der Waals surface area contributed by atoms with Crippen LogP contribution in [0.25, 0.3) is 11.4 Å². The summed E-state index contributed by atoms with van der Waals surface area (Å²) in [5, 5.41) is 11.5. The number of rotatable bonds is 9. The predicted molar refractivity (Wildman–Crippen MR) is 143 cm³/mol. The summed E-state index contributed by atoms with van der Waals surface area (Å²) < 4.78 is 9.52. The Bertz CT molecular complexity index is 1500. The third-order valence-corrected chi connectivity index (χ3v) is 6.89. The number of imidazole rings is 2. The van der Waals surface area contributed by atoms with Crippen LogP contribution < -0.4 is 4.74 Å². The molecule has 1 aliphatic heterocycles. The molecule has 0 bridgehead atoms. The second-order valence-corrected chi connectivity index (χ2v) is 9.49. The van der Waals surface area contributed by atoms with Gasteiger partial charge in [-0.15, -0.1) is 0 Å². The molecule has 1 saturated heterocycles. The summed E-state index contributed by atoms with van der Waals surface area (Å²) in [7, 11) is 0. The number of likely N-dealkylation sites (tertiary alicyclic amines) is 1. The van der Waals surface area contributed by atoms with Gasteiger partial charge in [0.05, 0.1) is 30.2 Å². The summed E-state index contributed by atoms with van der Waals surface area (Å²) in [6.45, 7) is 7.39. The number of aliphatic hydroxyl groups is 1. The van der Waals surface area contributed by atoms with Crippen molar-refractivity contribution in [2.75, 3.05) is 13.2 Å². The molecule has 9 nitrogen and oxygen atoms in total. The van der Waals surface area contributed by atoms with Crippen molar-refractivity contribution in [3.63, 3.8) is 0 Å². The van der Waals surface area contributed by atoms with Gasteiger partial charge in [-0.2, -0.15) is 0 Å². The Balaban J connectivity index is 1.57. The van der Waals surface area contributed by atoms with E-state index in [1.165, 1.54) is 0 Å². The SMILES string of the molecule is CCCOc1ccc(C2C(=C(O)c3nc4c(C)cccn4c3C)C(=O)C(=O)N2CCCn2ccnc2)cc1. The van der Waals surface area contributed by atoms with Crippen LogP contribution in [0.1, 0.15) is 48.3 Å². The first-order valence-electron chi connectivity index (χ1n) is 12.8. The van der Waals surface area contributed by atoms with Gasteiger partial charge in [0.1, 0.15) is 17.1 Å². The first kappa shape index (κ1) is 25.3. The van der Waals surface area contributed by atoms with E-state index in [9.17, 15) is 14.7 Å². The van der Waals surface area contributed by atoms with Crippen LogP contribution in [-0.4, -0.2) is 53.8 Å². The first-order chi connectivity index (χ1) is 18.4. The van der Waals surface area contributed by atoms with Crippen molar-refractivity contribution in [2.45, 2.75) is 46.2 Å². The molecule has 1 unspecified atom stereocenters. The lowest BCUT2D eigenvalue weighted by Crippen LogP contribution is -2.31. The standard InChI is InChI=1S/C29H31N5O4/c1-4-17-38-22-10-8-21(9-11-22)25-23(26(35)24-20(3)33-14-5-7-19(2)28(33)31-24)27(36)29(37)34(25)15-6-13-32-16-12-30-18-32/h5,7-12,14,16,18,25,35H,4,6,13,15,17H2,1-3H3. The van der Waals surface area contributed by atoms with Gasteiger partial charge < -0.3 is 23.7 Å². The molecule has 196 valence electrons. The molecule has 1 N–H and O–H groups in total. The van der Waals surface area contributed by atoms with Crippen LogP contribution in [0.4, 0.5) is 0 Å². The fraction of sp³-hybridized carbons (Fsp3) is 0.310. The maximum Gasteiger partial charge on any atom is 0.295 e. The number of aromatic nitrogens is 4. The Morgan fingerprint density at radius 3 is 2.55 bits per heavy atom. The van der Waals surface area contributed by atoms with E-state index in [0.717, 1.165) is 17.5 Å². The van der Waals surface area contributed by atoms with E-state index in [1.54, 1.807) is 17.4 Å². The van der Waals surface area contributed by atoms with Crippen LogP contribution in [0.5, 0.6) is 5.75 Å². The number of carbonyl (C=O) groups excluding carboxylic acids is 2. The Hall–Kier alpha value is -4.40. The maximum absolute atomic E-state index is 13.4. The van der Waals surface area contributed by atoms with Crippen molar-refractivity contribution < 1.29 is 19.4 Å². The van der Waals surface area contributed by atoms with Crippen LogP contribution in [0.3, 0.4) is 0 Å². The number of Topliss-reactive ketones (excluding diaryl/α,β-unsaturated/α-hetero) is 1. The second kappa shape index (κ2) is 10.5. The van der Waals surface area contributed by atoms with Gasteiger partial charge in [0, 0.05) is 31.7 Å². The topological polar surface area (TPSA) is 102 Å². The minimum atomic E-state index is -0.747. The number of aryl methyl sites for hydroxylation is 3. The molecule has 1 aliphatic rings. The number of carbonyl (C=O) groups is 2. The van der Waals surface area contributed by atoms with Crippen LogP contribution in [0.2, 0.25) is 0 Å². The van der Waals surface area contributed by atoms with Crippen molar-refractivity contribution >= 4 is 23.1 Å². The molecule has 38 heavy (non-hydrogen) atoms. The number of pyridine rings is 1. The molecule has 9 heteroatoms. The molecule has 0 spiro atoms. The van der Waals surface area contributed by atoms with Crippen molar-refractivity contribution in [1.82, 2.24) is 23.8 Å². The summed E-state index contributed by atoms with van der Waals surface area (Å²) in [6, 6.07) is 10.4. The van der Waals surface area contributed by atoms with E-state index in [0.29, 0.717) is 48.9 Å². The number of amides is 1. The monoisotopic (exact) mass is 513 g/mol. The van der Waals surface area contributed by atoms with Gasteiger partial charge in [0.2, 0.25) is 0 Å². The van der Waals surface area contributed by atoms with E-state index in [1.807, 2.05) is 78.5 Å². The minimum Gasteiger partial charge on any atom is -0.505 e. The third-order valence-electron chi connectivity index (χ3n) is 6.89. The van der Waals surface area contributed by atoms with Crippen LogP contribution in [0.15, 0.2) is 66.9 Å². The normalized spacial score (nSPS) is 17.0. The molecule has 5 rings (SSSR count).